The quantitative estimate of drug-likeness (QED) is 0.125. The Morgan fingerprint density at radius 2 is 0.796 bits per heavy atom. The Kier molecular flexibility index (Phi) is 16.6. The molecule has 5 heterocycles. The second-order valence-corrected chi connectivity index (χ2v) is 14.1. The Morgan fingerprint density at radius 3 is 1.07 bits per heavy atom. The summed E-state index contributed by atoms with van der Waals surface area (Å²) < 4.78 is 22.0. The Balaban J connectivity index is 1.31. The molecule has 2 amide bonds. The number of carboxylic acids is 3. The summed E-state index contributed by atoms with van der Waals surface area (Å²) in [5.41, 5.74) is 0. The summed E-state index contributed by atoms with van der Waals surface area (Å²) in [6.45, 7) is 6.02. The topological polar surface area (TPSA) is 212 Å². The summed E-state index contributed by atoms with van der Waals surface area (Å²) >= 11 is 0. The van der Waals surface area contributed by atoms with E-state index in [0.717, 1.165) is 0 Å². The van der Waals surface area contributed by atoms with Gasteiger partial charge in [-0.15, -0.1) is 0 Å². The molecule has 54 heavy (non-hydrogen) atoms. The minimum atomic E-state index is -1.12. The largest absolute Gasteiger partial charge is 0.480 e. The predicted molar refractivity (Wildman–Crippen MR) is 187 cm³/mol. The number of morpholine rings is 4. The molecule has 5 fully saturated rings. The highest BCUT2D eigenvalue weighted by Gasteiger charge is 2.38. The average molecular weight is 772 g/mol. The van der Waals surface area contributed by atoms with Crippen LogP contribution in [0.1, 0.15) is 19.3 Å². The molecule has 3 N–H and O–H groups in total. The number of piperidine rings is 1. The van der Waals surface area contributed by atoms with E-state index in [-0.39, 0.29) is 44.5 Å². The number of rotatable bonds is 18. The zero-order chi connectivity index (χ0) is 38.5. The molecular weight excluding hydrogens is 714 g/mol. The van der Waals surface area contributed by atoms with Crippen LogP contribution in [0.15, 0.2) is 0 Å². The van der Waals surface area contributed by atoms with Gasteiger partial charge in [0.1, 0.15) is 0 Å². The second kappa shape index (κ2) is 21.3. The molecule has 0 aromatic carbocycles. The van der Waals surface area contributed by atoms with Gasteiger partial charge in [-0.25, -0.2) is 10.2 Å². The molecule has 5 saturated heterocycles. The van der Waals surface area contributed by atoms with Gasteiger partial charge < -0.3 is 34.3 Å². The fourth-order valence-electron chi connectivity index (χ4n) is 7.84. The molecule has 0 spiro atoms. The molecule has 2 unspecified atom stereocenters. The second-order valence-electron chi connectivity index (χ2n) is 14.1. The molecule has 5 aliphatic rings. The van der Waals surface area contributed by atoms with Crippen molar-refractivity contribution in [1.82, 2.24) is 45.0 Å². The summed E-state index contributed by atoms with van der Waals surface area (Å²) in [5.74, 6) is -3.96. The Hall–Kier alpha value is -3.09. The van der Waals surface area contributed by atoms with Crippen LogP contribution >= 0.6 is 0 Å². The molecule has 5 rings (SSSR count). The first-order valence-electron chi connectivity index (χ1n) is 18.9. The van der Waals surface area contributed by atoms with Crippen molar-refractivity contribution in [1.29, 1.82) is 0 Å². The summed E-state index contributed by atoms with van der Waals surface area (Å²) in [4.78, 5) is 69.4. The Labute approximate surface area is 315 Å². The lowest BCUT2D eigenvalue weighted by molar-refractivity contribution is -0.226. The van der Waals surface area contributed by atoms with E-state index in [1.165, 1.54) is 0 Å². The van der Waals surface area contributed by atoms with Gasteiger partial charge in [0.15, 0.2) is 0 Å². The number of nitrogens with zero attached hydrogens (tertiary/aromatic N) is 9. The van der Waals surface area contributed by atoms with E-state index in [2.05, 4.69) is 0 Å². The number of amides is 2. The first-order chi connectivity index (χ1) is 26.1. The SMILES string of the molecule is O=C(O)CN(CC(=O)N(N1CCOCC1)N1CCOCC1)CC1CCCC(CN(CC(=O)O)CC(=O)N(N2CCOCC2)N2CCOCC2)N1CC(=O)O. The van der Waals surface area contributed by atoms with Crippen LogP contribution in [-0.4, -0.2) is 253 Å². The van der Waals surface area contributed by atoms with Crippen LogP contribution in [-0.2, 0) is 42.9 Å². The molecule has 0 aromatic heterocycles. The van der Waals surface area contributed by atoms with E-state index < -0.39 is 43.1 Å². The maximum Gasteiger partial charge on any atom is 0.317 e. The van der Waals surface area contributed by atoms with Crippen LogP contribution in [0.4, 0.5) is 0 Å². The third kappa shape index (κ3) is 12.5. The van der Waals surface area contributed by atoms with Crippen molar-refractivity contribution in [3.8, 4) is 0 Å². The van der Waals surface area contributed by atoms with Crippen molar-refractivity contribution in [3.05, 3.63) is 0 Å². The predicted octanol–water partition coefficient (Wildman–Crippen LogP) is -3.29. The average Bonchev–Trinajstić information content (AvgIpc) is 3.14. The zero-order valence-corrected chi connectivity index (χ0v) is 31.1. The molecule has 21 nitrogen and oxygen atoms in total. The molecule has 0 radical (unpaired) electrons. The van der Waals surface area contributed by atoms with E-state index >= 15 is 0 Å². The van der Waals surface area contributed by atoms with Crippen molar-refractivity contribution < 1.29 is 58.2 Å². The van der Waals surface area contributed by atoms with Gasteiger partial charge in [-0.1, -0.05) is 6.42 Å². The number of hydrazine groups is 4. The Bertz CT molecular complexity index is 1130. The standard InChI is InChI=1S/C33H57N9O12/c43-29(41(36-4-12-51-13-5-36)37-6-14-52-15-7-37)22-34(24-31(45)46)20-27-2-1-3-28(40(27)26-33(49)50)21-35(25-32(47)48)23-30(44)42(38-8-16-53-17-9-38)39-10-18-54-19-11-39/h27-28H,1-26H2,(H,45,46)(H,47,48)(H,49,50). The first-order valence-corrected chi connectivity index (χ1v) is 18.9. The molecule has 0 aromatic rings. The highest BCUT2D eigenvalue weighted by atomic mass is 16.5. The van der Waals surface area contributed by atoms with Gasteiger partial charge in [0.05, 0.1) is 85.6 Å². The van der Waals surface area contributed by atoms with Crippen molar-refractivity contribution >= 4 is 29.7 Å². The first kappa shape index (κ1) is 42.1. The summed E-state index contributed by atoms with van der Waals surface area (Å²) in [6, 6.07) is -0.902. The molecule has 21 heteroatoms. The zero-order valence-electron chi connectivity index (χ0n) is 31.1. The van der Waals surface area contributed by atoms with Crippen LogP contribution < -0.4 is 0 Å². The smallest absolute Gasteiger partial charge is 0.317 e. The number of hydrogen-bond acceptors (Lipinski definition) is 16. The highest BCUT2D eigenvalue weighted by Crippen LogP contribution is 2.25. The molecule has 0 bridgehead atoms. The number of hydrogen-bond donors (Lipinski definition) is 3. The molecule has 306 valence electrons. The van der Waals surface area contributed by atoms with Gasteiger partial charge in [-0.3, -0.25) is 38.7 Å². The third-order valence-corrected chi connectivity index (χ3v) is 10.2. The van der Waals surface area contributed by atoms with Crippen LogP contribution in [0.3, 0.4) is 0 Å². The summed E-state index contributed by atoms with van der Waals surface area (Å²) in [6.07, 6.45) is 1.76. The van der Waals surface area contributed by atoms with Gasteiger partial charge in [0.2, 0.25) is 0 Å². The fourth-order valence-corrected chi connectivity index (χ4v) is 7.84. The lowest BCUT2D eigenvalue weighted by Gasteiger charge is -2.47. The third-order valence-electron chi connectivity index (χ3n) is 10.2. The van der Waals surface area contributed by atoms with E-state index in [9.17, 15) is 39.3 Å². The number of ether oxygens (including phenoxy) is 4. The van der Waals surface area contributed by atoms with E-state index in [1.807, 2.05) is 20.0 Å². The fraction of sp³-hybridized carbons (Fsp3) is 0.848. The molecule has 0 aliphatic carbocycles. The van der Waals surface area contributed by atoms with E-state index in [4.69, 9.17) is 18.9 Å². The summed E-state index contributed by atoms with van der Waals surface area (Å²) in [7, 11) is 0. The van der Waals surface area contributed by atoms with E-state index in [1.54, 1.807) is 24.9 Å². The number of aliphatic carboxylic acids is 3. The molecular formula is C33H57N9O12. The molecule has 2 atom stereocenters. The van der Waals surface area contributed by atoms with Gasteiger partial charge >= 0.3 is 17.9 Å². The van der Waals surface area contributed by atoms with Crippen molar-refractivity contribution in [2.75, 3.05) is 151 Å². The molecule has 0 saturated carbocycles. The van der Waals surface area contributed by atoms with E-state index in [0.29, 0.717) is 124 Å². The summed E-state index contributed by atoms with van der Waals surface area (Å²) in [5, 5.41) is 40.6. The Morgan fingerprint density at radius 1 is 0.481 bits per heavy atom. The van der Waals surface area contributed by atoms with Crippen LogP contribution in [0, 0.1) is 0 Å². The minimum Gasteiger partial charge on any atom is -0.480 e. The maximum absolute atomic E-state index is 14.0. The lowest BCUT2D eigenvalue weighted by Crippen LogP contribution is -2.64. The number of carbonyl (C=O) groups excluding carboxylic acids is 2. The minimum absolute atomic E-state index is 0.0988. The van der Waals surface area contributed by atoms with Crippen LogP contribution in [0.25, 0.3) is 0 Å². The van der Waals surface area contributed by atoms with Gasteiger partial charge in [0.25, 0.3) is 11.8 Å². The van der Waals surface area contributed by atoms with Gasteiger partial charge in [-0.2, -0.15) is 20.0 Å². The molecule has 5 aliphatic heterocycles. The maximum atomic E-state index is 14.0. The van der Waals surface area contributed by atoms with Crippen LogP contribution in [0.5, 0.6) is 0 Å². The number of likely N-dealkylation sites (tertiary alicyclic amines) is 1. The van der Waals surface area contributed by atoms with Gasteiger partial charge in [0, 0.05) is 77.5 Å². The monoisotopic (exact) mass is 771 g/mol. The number of carbonyl (C=O) groups is 5. The van der Waals surface area contributed by atoms with Gasteiger partial charge in [-0.05, 0) is 12.8 Å². The van der Waals surface area contributed by atoms with Crippen LogP contribution in [0.2, 0.25) is 0 Å². The normalized spacial score (nSPS) is 24.4. The number of carboxylic acid groups (broad SMARTS) is 3. The van der Waals surface area contributed by atoms with Crippen molar-refractivity contribution in [2.45, 2.75) is 31.3 Å². The van der Waals surface area contributed by atoms with Crippen molar-refractivity contribution in [2.24, 2.45) is 0 Å². The highest BCUT2D eigenvalue weighted by molar-refractivity contribution is 5.79. The lowest BCUT2D eigenvalue weighted by atomic mass is 9.94. The van der Waals surface area contributed by atoms with Crippen molar-refractivity contribution in [3.63, 3.8) is 0 Å².